The first kappa shape index (κ1) is 14.8. The lowest BCUT2D eigenvalue weighted by Gasteiger charge is -2.16. The van der Waals surface area contributed by atoms with Gasteiger partial charge in [0.25, 0.3) is 5.78 Å². The Morgan fingerprint density at radius 3 is 2.38 bits per heavy atom. The highest BCUT2D eigenvalue weighted by Gasteiger charge is 2.37. The zero-order valence-electron chi connectivity index (χ0n) is 9.52. The number of alkyl halides is 3. The number of carbonyl (C=O) groups excluding carboxylic acids is 1. The molecule has 0 fully saturated rings. The molecule has 6 heteroatoms. The van der Waals surface area contributed by atoms with Crippen LogP contribution in [0, 0.1) is 0 Å². The van der Waals surface area contributed by atoms with Gasteiger partial charge in [-0.1, -0.05) is 6.92 Å². The Morgan fingerprint density at radius 2 is 2.00 bits per heavy atom. The van der Waals surface area contributed by atoms with E-state index in [4.69, 9.17) is 4.74 Å². The summed E-state index contributed by atoms with van der Waals surface area (Å²) in [5, 5.41) is 2.69. The fourth-order valence-corrected chi connectivity index (χ4v) is 0.826. The quantitative estimate of drug-likeness (QED) is 0.571. The van der Waals surface area contributed by atoms with Crippen LogP contribution in [0.1, 0.15) is 27.2 Å². The molecule has 0 aliphatic rings. The van der Waals surface area contributed by atoms with Gasteiger partial charge in [0.2, 0.25) is 0 Å². The number of rotatable bonds is 6. The molecule has 16 heavy (non-hydrogen) atoms. The van der Waals surface area contributed by atoms with Crippen molar-refractivity contribution < 1.29 is 22.7 Å². The van der Waals surface area contributed by atoms with Crippen molar-refractivity contribution in [2.45, 2.75) is 39.4 Å². The number of ether oxygens (including phenoxy) is 1. The molecule has 0 bridgehead atoms. The van der Waals surface area contributed by atoms with Crippen molar-refractivity contribution in [3.05, 3.63) is 12.0 Å². The molecule has 0 radical (unpaired) electrons. The molecule has 94 valence electrons. The second kappa shape index (κ2) is 6.40. The average molecular weight is 239 g/mol. The van der Waals surface area contributed by atoms with E-state index in [1.165, 1.54) is 0 Å². The number of carbonyl (C=O) groups is 1. The summed E-state index contributed by atoms with van der Waals surface area (Å²) in [6, 6.07) is -0.0566. The molecular formula is C10H16F3NO2. The summed E-state index contributed by atoms with van der Waals surface area (Å²) < 4.78 is 40.9. The molecule has 0 aliphatic heterocycles. The van der Waals surface area contributed by atoms with Crippen LogP contribution < -0.4 is 5.32 Å². The van der Waals surface area contributed by atoms with Crippen LogP contribution in [0.5, 0.6) is 0 Å². The first-order valence-electron chi connectivity index (χ1n) is 5.03. The van der Waals surface area contributed by atoms with Crippen molar-refractivity contribution in [3.8, 4) is 0 Å². The molecule has 0 heterocycles. The lowest BCUT2D eigenvalue weighted by molar-refractivity contribution is -0.165. The number of hydrogen-bond acceptors (Lipinski definition) is 3. The van der Waals surface area contributed by atoms with Crippen molar-refractivity contribution >= 4 is 5.78 Å². The van der Waals surface area contributed by atoms with Gasteiger partial charge < -0.3 is 10.1 Å². The van der Waals surface area contributed by atoms with Crippen LogP contribution >= 0.6 is 0 Å². The Bertz CT molecular complexity index is 261. The first-order valence-corrected chi connectivity index (χ1v) is 5.03. The molecule has 0 aromatic heterocycles. The van der Waals surface area contributed by atoms with Gasteiger partial charge in [0.15, 0.2) is 5.88 Å². The van der Waals surface area contributed by atoms with Gasteiger partial charge >= 0.3 is 6.18 Å². The topological polar surface area (TPSA) is 38.3 Å². The van der Waals surface area contributed by atoms with Gasteiger partial charge in [0.05, 0.1) is 12.7 Å². The Hall–Kier alpha value is -1.20. The maximum absolute atomic E-state index is 12.0. The maximum Gasteiger partial charge on any atom is 0.454 e. The van der Waals surface area contributed by atoms with Gasteiger partial charge in [-0.2, -0.15) is 13.2 Å². The molecule has 0 spiro atoms. The van der Waals surface area contributed by atoms with Crippen LogP contribution in [0.25, 0.3) is 0 Å². The third-order valence-electron chi connectivity index (χ3n) is 1.84. The van der Waals surface area contributed by atoms with E-state index in [1.54, 1.807) is 13.8 Å². The van der Waals surface area contributed by atoms with Crippen LogP contribution in [0.2, 0.25) is 0 Å². The van der Waals surface area contributed by atoms with Gasteiger partial charge in [-0.15, -0.1) is 0 Å². The molecule has 1 N–H and O–H groups in total. The van der Waals surface area contributed by atoms with Gasteiger partial charge in [-0.25, -0.2) is 0 Å². The highest BCUT2D eigenvalue weighted by molar-refractivity contribution is 5.94. The third kappa shape index (κ3) is 5.63. The Labute approximate surface area is 92.7 Å². The predicted molar refractivity (Wildman–Crippen MR) is 53.7 cm³/mol. The Balaban J connectivity index is 4.64. The van der Waals surface area contributed by atoms with Crippen molar-refractivity contribution in [1.29, 1.82) is 0 Å². The largest absolute Gasteiger partial charge is 0.479 e. The molecule has 0 aromatic carbocycles. The zero-order valence-corrected chi connectivity index (χ0v) is 9.52. The highest BCUT2D eigenvalue weighted by atomic mass is 19.4. The summed E-state index contributed by atoms with van der Waals surface area (Å²) in [7, 11) is 0. The monoisotopic (exact) mass is 239 g/mol. The van der Waals surface area contributed by atoms with E-state index in [1.807, 2.05) is 6.92 Å². The zero-order chi connectivity index (χ0) is 12.8. The minimum absolute atomic E-state index is 0.0566. The van der Waals surface area contributed by atoms with Gasteiger partial charge in [0.1, 0.15) is 0 Å². The molecule has 0 aromatic rings. The average Bonchev–Trinajstić information content (AvgIpc) is 2.16. The molecule has 0 rings (SSSR count). The van der Waals surface area contributed by atoms with E-state index >= 15 is 0 Å². The van der Waals surface area contributed by atoms with Crippen LogP contribution in [0.15, 0.2) is 12.0 Å². The van der Waals surface area contributed by atoms with Crippen LogP contribution in [0.3, 0.4) is 0 Å². The smallest absolute Gasteiger partial charge is 0.454 e. The molecular weight excluding hydrogens is 223 g/mol. The number of ketones is 1. The Kier molecular flexibility index (Phi) is 5.92. The third-order valence-corrected chi connectivity index (χ3v) is 1.84. The fraction of sp³-hybridized carbons (Fsp3) is 0.700. The van der Waals surface area contributed by atoms with Gasteiger partial charge in [-0.3, -0.25) is 4.79 Å². The van der Waals surface area contributed by atoms with Crippen molar-refractivity contribution in [2.75, 3.05) is 6.61 Å². The second-order valence-electron chi connectivity index (χ2n) is 3.26. The lowest BCUT2D eigenvalue weighted by Crippen LogP contribution is -2.29. The van der Waals surface area contributed by atoms with Crippen LogP contribution in [-0.2, 0) is 9.53 Å². The minimum atomic E-state index is -4.86. The SMILES string of the molecule is CCO/C(=C/C(=O)C(F)(F)F)NC(C)CC. The lowest BCUT2D eigenvalue weighted by atomic mass is 10.2. The molecule has 0 aliphatic carbocycles. The van der Waals surface area contributed by atoms with E-state index in [9.17, 15) is 18.0 Å². The standard InChI is InChI=1S/C10H16F3NO2/c1-4-7(3)14-9(16-5-2)6-8(15)10(11,12)13/h6-7,14H,4-5H2,1-3H3/b9-6+. The first-order chi connectivity index (χ1) is 7.31. The molecule has 1 unspecified atom stereocenters. The van der Waals surface area contributed by atoms with E-state index < -0.39 is 12.0 Å². The number of halogens is 3. The summed E-state index contributed by atoms with van der Waals surface area (Å²) >= 11 is 0. The van der Waals surface area contributed by atoms with Gasteiger partial charge in [0, 0.05) is 6.04 Å². The molecule has 3 nitrogen and oxygen atoms in total. The summed E-state index contributed by atoms with van der Waals surface area (Å²) in [5.74, 6) is -2.06. The van der Waals surface area contributed by atoms with Crippen molar-refractivity contribution in [2.24, 2.45) is 0 Å². The number of nitrogens with one attached hydrogen (secondary N) is 1. The summed E-state index contributed by atoms with van der Waals surface area (Å²) in [6.45, 7) is 5.47. The Morgan fingerprint density at radius 1 is 1.44 bits per heavy atom. The second-order valence-corrected chi connectivity index (χ2v) is 3.26. The van der Waals surface area contributed by atoms with Gasteiger partial charge in [-0.05, 0) is 20.3 Å². The van der Waals surface area contributed by atoms with Crippen LogP contribution in [-0.4, -0.2) is 24.6 Å². The van der Waals surface area contributed by atoms with Crippen molar-refractivity contribution in [1.82, 2.24) is 5.32 Å². The van der Waals surface area contributed by atoms with Crippen LogP contribution in [0.4, 0.5) is 13.2 Å². The van der Waals surface area contributed by atoms with E-state index in [-0.39, 0.29) is 18.5 Å². The minimum Gasteiger partial charge on any atom is -0.479 e. The van der Waals surface area contributed by atoms with Crippen molar-refractivity contribution in [3.63, 3.8) is 0 Å². The molecule has 0 amide bonds. The molecule has 1 atom stereocenters. The van der Waals surface area contributed by atoms with E-state index in [0.29, 0.717) is 12.5 Å². The maximum atomic E-state index is 12.0. The highest BCUT2D eigenvalue weighted by Crippen LogP contribution is 2.17. The number of hydrogen-bond donors (Lipinski definition) is 1. The van der Waals surface area contributed by atoms with E-state index in [0.717, 1.165) is 0 Å². The normalized spacial score (nSPS) is 14.5. The fourth-order valence-electron chi connectivity index (χ4n) is 0.826. The predicted octanol–water partition coefficient (Wildman–Crippen LogP) is 2.38. The number of allylic oxidation sites excluding steroid dienone is 1. The summed E-state index contributed by atoms with van der Waals surface area (Å²) in [6.07, 6.45) is -3.71. The van der Waals surface area contributed by atoms with E-state index in [2.05, 4.69) is 5.32 Å². The summed E-state index contributed by atoms with van der Waals surface area (Å²) in [4.78, 5) is 10.7. The molecule has 0 saturated heterocycles. The summed E-state index contributed by atoms with van der Waals surface area (Å²) in [5.41, 5.74) is 0. The molecule has 0 saturated carbocycles.